The zero-order valence-electron chi connectivity index (χ0n) is 16.0. The summed E-state index contributed by atoms with van der Waals surface area (Å²) >= 11 is 1.38. The normalized spacial score (nSPS) is 10.8. The van der Waals surface area contributed by atoms with E-state index in [-0.39, 0.29) is 11.7 Å². The molecule has 0 spiro atoms. The minimum atomic E-state index is -0.294. The van der Waals surface area contributed by atoms with Crippen molar-refractivity contribution in [2.24, 2.45) is 0 Å². The van der Waals surface area contributed by atoms with Crippen molar-refractivity contribution in [3.05, 3.63) is 66.0 Å². The minimum absolute atomic E-state index is 0.0765. The summed E-state index contributed by atoms with van der Waals surface area (Å²) in [6.07, 6.45) is 0. The van der Waals surface area contributed by atoms with E-state index < -0.39 is 0 Å². The molecule has 0 fully saturated rings. The monoisotopic (exact) mass is 398 g/mol. The maximum absolute atomic E-state index is 13.3. The van der Waals surface area contributed by atoms with Gasteiger partial charge >= 0.3 is 0 Å². The van der Waals surface area contributed by atoms with Crippen molar-refractivity contribution in [2.75, 3.05) is 18.8 Å². The van der Waals surface area contributed by atoms with Crippen LogP contribution >= 0.6 is 11.8 Å². The molecule has 0 saturated carbocycles. The summed E-state index contributed by atoms with van der Waals surface area (Å²) in [5.41, 5.74) is 1.88. The molecule has 0 saturated heterocycles. The number of benzene rings is 2. The Labute approximate surface area is 168 Å². The highest BCUT2D eigenvalue weighted by atomic mass is 32.2. The van der Waals surface area contributed by atoms with Crippen LogP contribution in [0.3, 0.4) is 0 Å². The number of halogens is 1. The lowest BCUT2D eigenvalue weighted by molar-refractivity contribution is -0.127. The van der Waals surface area contributed by atoms with Crippen LogP contribution in [0.1, 0.15) is 19.4 Å². The molecule has 5 nitrogen and oxygen atoms in total. The number of nitrogens with zero attached hydrogens (tertiary/aromatic N) is 4. The third kappa shape index (κ3) is 4.78. The molecule has 0 unspecified atom stereocenters. The van der Waals surface area contributed by atoms with Gasteiger partial charge < -0.3 is 4.90 Å². The highest BCUT2D eigenvalue weighted by molar-refractivity contribution is 7.99. The molecule has 0 aliphatic carbocycles. The van der Waals surface area contributed by atoms with Gasteiger partial charge in [0, 0.05) is 18.7 Å². The quantitative estimate of drug-likeness (QED) is 0.536. The largest absolute Gasteiger partial charge is 0.343 e. The van der Waals surface area contributed by atoms with E-state index >= 15 is 0 Å². The number of hydrogen-bond donors (Lipinski definition) is 0. The van der Waals surface area contributed by atoms with E-state index in [0.717, 1.165) is 11.1 Å². The standard InChI is InChI=1S/C21H23FN4OS/c1-3-25(4-2)19(27)15-28-21-24-23-20(17-10-12-18(22)13-11-17)26(21)14-16-8-6-5-7-9-16/h5-13H,3-4,14-15H2,1-2H3. The molecule has 0 bridgehead atoms. The second-order valence-electron chi connectivity index (χ2n) is 6.24. The SMILES string of the molecule is CCN(CC)C(=O)CSc1nnc(-c2ccc(F)cc2)n1Cc1ccccc1. The summed E-state index contributed by atoms with van der Waals surface area (Å²) in [7, 11) is 0. The van der Waals surface area contributed by atoms with Crippen LogP contribution in [-0.4, -0.2) is 44.4 Å². The maximum Gasteiger partial charge on any atom is 0.233 e. The molecule has 1 heterocycles. The highest BCUT2D eigenvalue weighted by Gasteiger charge is 2.17. The first-order valence-electron chi connectivity index (χ1n) is 9.26. The zero-order chi connectivity index (χ0) is 19.9. The Balaban J connectivity index is 1.89. The third-order valence-electron chi connectivity index (χ3n) is 4.44. The van der Waals surface area contributed by atoms with Crippen molar-refractivity contribution in [3.63, 3.8) is 0 Å². The molecule has 3 rings (SSSR count). The van der Waals surface area contributed by atoms with Crippen LogP contribution in [0.15, 0.2) is 59.8 Å². The lowest BCUT2D eigenvalue weighted by Crippen LogP contribution is -2.31. The number of amides is 1. The van der Waals surface area contributed by atoms with Gasteiger partial charge in [0.2, 0.25) is 5.91 Å². The topological polar surface area (TPSA) is 51.0 Å². The van der Waals surface area contributed by atoms with Gasteiger partial charge in [0.05, 0.1) is 12.3 Å². The lowest BCUT2D eigenvalue weighted by atomic mass is 10.2. The van der Waals surface area contributed by atoms with Crippen molar-refractivity contribution in [3.8, 4) is 11.4 Å². The smallest absolute Gasteiger partial charge is 0.233 e. The Morgan fingerprint density at radius 1 is 1.04 bits per heavy atom. The molecule has 7 heteroatoms. The number of thioether (sulfide) groups is 1. The first-order chi connectivity index (χ1) is 13.6. The summed E-state index contributed by atoms with van der Waals surface area (Å²) < 4.78 is 15.3. The predicted octanol–water partition coefficient (Wildman–Crippen LogP) is 4.09. The van der Waals surface area contributed by atoms with E-state index in [1.807, 2.05) is 48.7 Å². The van der Waals surface area contributed by atoms with Crippen LogP contribution in [0.25, 0.3) is 11.4 Å². The summed E-state index contributed by atoms with van der Waals surface area (Å²) in [5, 5.41) is 9.30. The Morgan fingerprint density at radius 2 is 1.71 bits per heavy atom. The van der Waals surface area contributed by atoms with E-state index in [2.05, 4.69) is 10.2 Å². The molecule has 0 radical (unpaired) electrons. The Kier molecular flexibility index (Phi) is 6.81. The van der Waals surface area contributed by atoms with Crippen LogP contribution in [0, 0.1) is 5.82 Å². The van der Waals surface area contributed by atoms with Gasteiger partial charge in [0.25, 0.3) is 0 Å². The summed E-state index contributed by atoms with van der Waals surface area (Å²) in [6, 6.07) is 16.2. The van der Waals surface area contributed by atoms with Gasteiger partial charge in [-0.3, -0.25) is 9.36 Å². The second-order valence-corrected chi connectivity index (χ2v) is 7.18. The molecular formula is C21H23FN4OS. The number of hydrogen-bond acceptors (Lipinski definition) is 4. The molecule has 1 aromatic heterocycles. The van der Waals surface area contributed by atoms with Gasteiger partial charge in [-0.25, -0.2) is 4.39 Å². The number of carbonyl (C=O) groups excluding carboxylic acids is 1. The summed E-state index contributed by atoms with van der Waals surface area (Å²) in [5.74, 6) is 0.740. The molecule has 1 amide bonds. The Hall–Kier alpha value is -2.67. The predicted molar refractivity (Wildman–Crippen MR) is 110 cm³/mol. The van der Waals surface area contributed by atoms with Gasteiger partial charge in [-0.05, 0) is 43.7 Å². The van der Waals surface area contributed by atoms with E-state index in [1.54, 1.807) is 17.0 Å². The van der Waals surface area contributed by atoms with Crippen LogP contribution in [-0.2, 0) is 11.3 Å². The number of aromatic nitrogens is 3. The minimum Gasteiger partial charge on any atom is -0.343 e. The highest BCUT2D eigenvalue weighted by Crippen LogP contribution is 2.25. The van der Waals surface area contributed by atoms with E-state index in [1.165, 1.54) is 23.9 Å². The van der Waals surface area contributed by atoms with Gasteiger partial charge in [0.1, 0.15) is 5.82 Å². The molecule has 3 aromatic rings. The molecule has 0 atom stereocenters. The zero-order valence-corrected chi connectivity index (χ0v) is 16.8. The lowest BCUT2D eigenvalue weighted by Gasteiger charge is -2.18. The fraction of sp³-hybridized carbons (Fsp3) is 0.286. The van der Waals surface area contributed by atoms with Crippen molar-refractivity contribution in [2.45, 2.75) is 25.5 Å². The van der Waals surface area contributed by atoms with Crippen LogP contribution in [0.2, 0.25) is 0 Å². The van der Waals surface area contributed by atoms with Gasteiger partial charge in [0.15, 0.2) is 11.0 Å². The molecule has 0 aliphatic rings. The first-order valence-corrected chi connectivity index (χ1v) is 10.2. The maximum atomic E-state index is 13.3. The fourth-order valence-corrected chi connectivity index (χ4v) is 3.75. The molecule has 2 aromatic carbocycles. The average Bonchev–Trinajstić information content (AvgIpc) is 3.11. The average molecular weight is 399 g/mol. The second kappa shape index (κ2) is 9.50. The van der Waals surface area contributed by atoms with E-state index in [9.17, 15) is 9.18 Å². The van der Waals surface area contributed by atoms with Crippen LogP contribution in [0.5, 0.6) is 0 Å². The van der Waals surface area contributed by atoms with Crippen LogP contribution in [0.4, 0.5) is 4.39 Å². The van der Waals surface area contributed by atoms with Gasteiger partial charge in [-0.1, -0.05) is 42.1 Å². The molecule has 28 heavy (non-hydrogen) atoms. The summed E-state index contributed by atoms with van der Waals surface area (Å²) in [6.45, 7) is 5.89. The summed E-state index contributed by atoms with van der Waals surface area (Å²) in [4.78, 5) is 14.2. The van der Waals surface area contributed by atoms with Crippen LogP contribution < -0.4 is 0 Å². The molecular weight excluding hydrogens is 375 g/mol. The molecule has 146 valence electrons. The van der Waals surface area contributed by atoms with Gasteiger partial charge in [-0.2, -0.15) is 0 Å². The van der Waals surface area contributed by atoms with Crippen molar-refractivity contribution in [1.29, 1.82) is 0 Å². The first kappa shape index (κ1) is 20.1. The van der Waals surface area contributed by atoms with E-state index in [0.29, 0.717) is 36.4 Å². The van der Waals surface area contributed by atoms with E-state index in [4.69, 9.17) is 0 Å². The third-order valence-corrected chi connectivity index (χ3v) is 5.40. The van der Waals surface area contributed by atoms with Crippen molar-refractivity contribution < 1.29 is 9.18 Å². The van der Waals surface area contributed by atoms with Crippen molar-refractivity contribution in [1.82, 2.24) is 19.7 Å². The number of carbonyl (C=O) groups is 1. The van der Waals surface area contributed by atoms with Crippen molar-refractivity contribution >= 4 is 17.7 Å². The fourth-order valence-electron chi connectivity index (χ4n) is 2.91. The van der Waals surface area contributed by atoms with Gasteiger partial charge in [-0.15, -0.1) is 10.2 Å². The number of rotatable bonds is 8. The Bertz CT molecular complexity index is 908. The molecule has 0 N–H and O–H groups in total. The Morgan fingerprint density at radius 3 is 2.36 bits per heavy atom. The molecule has 0 aliphatic heterocycles.